The molecule has 1 N–H and O–H groups in total. The maximum atomic E-state index is 10.2. The molecule has 0 unspecified atom stereocenters. The van der Waals surface area contributed by atoms with Gasteiger partial charge in [-0.05, 0) is 26.2 Å². The second-order valence-corrected chi connectivity index (χ2v) is 6.71. The zero-order valence-electron chi connectivity index (χ0n) is 13.9. The van der Waals surface area contributed by atoms with E-state index in [4.69, 9.17) is 4.74 Å². The average Bonchev–Trinajstić information content (AvgIpc) is 2.52. The highest BCUT2D eigenvalue weighted by Gasteiger charge is 2.55. The van der Waals surface area contributed by atoms with Crippen LogP contribution in [0.2, 0.25) is 0 Å². The molecule has 0 radical (unpaired) electrons. The number of ether oxygens (including phenoxy) is 1. The van der Waals surface area contributed by atoms with Crippen molar-refractivity contribution in [1.82, 2.24) is 9.97 Å². The predicted molar refractivity (Wildman–Crippen MR) is 86.1 cm³/mol. The topological polar surface area (TPSA) is 58.5 Å². The number of rotatable bonds is 4. The van der Waals surface area contributed by atoms with Crippen LogP contribution < -0.4 is 4.90 Å². The number of piperidine rings is 1. The Labute approximate surface area is 132 Å². The van der Waals surface area contributed by atoms with Crippen LogP contribution in [0.5, 0.6) is 0 Å². The highest BCUT2D eigenvalue weighted by Crippen LogP contribution is 2.51. The molecule has 1 aliphatic heterocycles. The zero-order valence-corrected chi connectivity index (χ0v) is 13.9. The van der Waals surface area contributed by atoms with Crippen molar-refractivity contribution < 1.29 is 9.84 Å². The smallest absolute Gasteiger partial charge is 0.132 e. The Kier molecular flexibility index (Phi) is 4.37. The normalized spacial score (nSPS) is 27.0. The van der Waals surface area contributed by atoms with E-state index in [0.29, 0.717) is 0 Å². The van der Waals surface area contributed by atoms with Crippen LogP contribution in [-0.2, 0) is 11.2 Å². The van der Waals surface area contributed by atoms with Crippen LogP contribution in [0.4, 0.5) is 5.82 Å². The molecule has 1 aromatic rings. The van der Waals surface area contributed by atoms with Gasteiger partial charge in [-0.25, -0.2) is 9.97 Å². The van der Waals surface area contributed by atoms with Crippen molar-refractivity contribution in [3.8, 4) is 0 Å². The van der Waals surface area contributed by atoms with Crippen LogP contribution in [0.25, 0.3) is 0 Å². The number of aliphatic hydroxyl groups excluding tert-OH is 1. The second kappa shape index (κ2) is 6.13. The molecule has 0 amide bonds. The number of hydrogen-bond acceptors (Lipinski definition) is 5. The summed E-state index contributed by atoms with van der Waals surface area (Å²) in [5, 5.41) is 10.2. The van der Waals surface area contributed by atoms with Gasteiger partial charge in [0.2, 0.25) is 0 Å². The first-order valence-electron chi connectivity index (χ1n) is 8.39. The van der Waals surface area contributed by atoms with E-state index in [0.717, 1.165) is 62.5 Å². The van der Waals surface area contributed by atoms with E-state index in [1.165, 1.54) is 0 Å². The molecule has 0 bridgehead atoms. The molecule has 2 fully saturated rings. The molecule has 1 spiro atoms. The van der Waals surface area contributed by atoms with Gasteiger partial charge in [0, 0.05) is 43.8 Å². The molecule has 2 atom stereocenters. The van der Waals surface area contributed by atoms with Gasteiger partial charge in [0.15, 0.2) is 0 Å². The number of aliphatic hydroxyl groups is 1. The van der Waals surface area contributed by atoms with Crippen molar-refractivity contribution in [2.75, 3.05) is 25.1 Å². The monoisotopic (exact) mass is 305 g/mol. The fraction of sp³-hybridized carbons (Fsp3) is 0.765. The summed E-state index contributed by atoms with van der Waals surface area (Å²) in [6, 6.07) is 2.12. The maximum absolute atomic E-state index is 10.2. The maximum Gasteiger partial charge on any atom is 0.132 e. The van der Waals surface area contributed by atoms with Crippen LogP contribution in [0, 0.1) is 12.3 Å². The molecule has 2 heterocycles. The van der Waals surface area contributed by atoms with E-state index in [9.17, 15) is 5.11 Å². The highest BCUT2D eigenvalue weighted by molar-refractivity contribution is 5.41. The number of aromatic nitrogens is 2. The van der Waals surface area contributed by atoms with Crippen molar-refractivity contribution in [2.45, 2.75) is 58.2 Å². The van der Waals surface area contributed by atoms with Crippen molar-refractivity contribution in [3.63, 3.8) is 0 Å². The van der Waals surface area contributed by atoms with E-state index >= 15 is 0 Å². The van der Waals surface area contributed by atoms with E-state index in [-0.39, 0.29) is 17.6 Å². The van der Waals surface area contributed by atoms with Gasteiger partial charge in [0.1, 0.15) is 11.6 Å². The number of methoxy groups -OCH3 is 1. The Morgan fingerprint density at radius 3 is 2.68 bits per heavy atom. The third-order valence-electron chi connectivity index (χ3n) is 5.43. The van der Waals surface area contributed by atoms with E-state index in [1.54, 1.807) is 7.11 Å². The summed E-state index contributed by atoms with van der Waals surface area (Å²) in [6.45, 7) is 5.99. The van der Waals surface area contributed by atoms with Gasteiger partial charge in [-0.1, -0.05) is 13.3 Å². The lowest BCUT2D eigenvalue weighted by Crippen LogP contribution is -2.62. The third kappa shape index (κ3) is 2.61. The van der Waals surface area contributed by atoms with E-state index < -0.39 is 0 Å². The van der Waals surface area contributed by atoms with Crippen molar-refractivity contribution >= 4 is 5.82 Å². The van der Waals surface area contributed by atoms with E-state index in [1.807, 2.05) is 6.92 Å². The quantitative estimate of drug-likeness (QED) is 0.923. The Bertz CT molecular complexity index is 527. The summed E-state index contributed by atoms with van der Waals surface area (Å²) in [4.78, 5) is 11.5. The first kappa shape index (κ1) is 15.7. The molecule has 5 nitrogen and oxygen atoms in total. The summed E-state index contributed by atoms with van der Waals surface area (Å²) in [5.41, 5.74) is 1.10. The molecule has 5 heteroatoms. The summed E-state index contributed by atoms with van der Waals surface area (Å²) < 4.78 is 5.56. The molecular formula is C17H27N3O2. The third-order valence-corrected chi connectivity index (χ3v) is 5.43. The van der Waals surface area contributed by atoms with Gasteiger partial charge >= 0.3 is 0 Å². The first-order chi connectivity index (χ1) is 10.6. The Morgan fingerprint density at radius 1 is 1.36 bits per heavy atom. The van der Waals surface area contributed by atoms with Crippen LogP contribution >= 0.6 is 0 Å². The van der Waals surface area contributed by atoms with Crippen molar-refractivity contribution in [3.05, 3.63) is 17.6 Å². The van der Waals surface area contributed by atoms with Crippen LogP contribution in [0.1, 0.15) is 44.1 Å². The highest BCUT2D eigenvalue weighted by atomic mass is 16.5. The molecule has 1 aliphatic carbocycles. The summed E-state index contributed by atoms with van der Waals surface area (Å²) in [6.07, 6.45) is 4.83. The Morgan fingerprint density at radius 2 is 2.09 bits per heavy atom. The lowest BCUT2D eigenvalue weighted by molar-refractivity contribution is -0.190. The fourth-order valence-corrected chi connectivity index (χ4v) is 4.02. The van der Waals surface area contributed by atoms with Crippen molar-refractivity contribution in [1.29, 1.82) is 0 Å². The summed E-state index contributed by atoms with van der Waals surface area (Å²) >= 11 is 0. The minimum absolute atomic E-state index is 0.0282. The molecule has 2 aliphatic rings. The van der Waals surface area contributed by atoms with Gasteiger partial charge in [-0.2, -0.15) is 0 Å². The van der Waals surface area contributed by atoms with Gasteiger partial charge in [-0.15, -0.1) is 0 Å². The molecule has 1 aromatic heterocycles. The Hall–Kier alpha value is -1.20. The lowest BCUT2D eigenvalue weighted by Gasteiger charge is -2.56. The largest absolute Gasteiger partial charge is 0.392 e. The SMILES string of the molecule is CCCc1cc(N2CCC3(CC2)[C@@H](O)C[C@H]3OC)nc(C)n1. The molecule has 1 saturated carbocycles. The molecular weight excluding hydrogens is 278 g/mol. The minimum Gasteiger partial charge on any atom is -0.392 e. The first-order valence-corrected chi connectivity index (χ1v) is 8.39. The number of aryl methyl sites for hydroxylation is 2. The van der Waals surface area contributed by atoms with Gasteiger partial charge in [0.05, 0.1) is 12.2 Å². The minimum atomic E-state index is -0.206. The summed E-state index contributed by atoms with van der Waals surface area (Å²) in [7, 11) is 1.76. The van der Waals surface area contributed by atoms with Gasteiger partial charge in [-0.3, -0.25) is 0 Å². The van der Waals surface area contributed by atoms with Crippen LogP contribution in [0.3, 0.4) is 0 Å². The molecule has 22 heavy (non-hydrogen) atoms. The average molecular weight is 305 g/mol. The fourth-order valence-electron chi connectivity index (χ4n) is 4.02. The zero-order chi connectivity index (χ0) is 15.7. The number of anilines is 1. The molecule has 122 valence electrons. The van der Waals surface area contributed by atoms with Crippen LogP contribution in [0.15, 0.2) is 6.07 Å². The number of hydrogen-bond donors (Lipinski definition) is 1. The Balaban J connectivity index is 1.71. The predicted octanol–water partition coefficient (Wildman–Crippen LogP) is 2.10. The molecule has 3 rings (SSSR count). The standard InChI is InChI=1S/C17H27N3O2/c1-4-5-13-10-16(19-12(2)18-13)20-8-6-17(7-9-20)14(21)11-15(17)22-3/h10,14-15,21H,4-9,11H2,1-3H3/t14-,15+/m0/s1. The summed E-state index contributed by atoms with van der Waals surface area (Å²) in [5.74, 6) is 1.88. The lowest BCUT2D eigenvalue weighted by atomic mass is 9.58. The van der Waals surface area contributed by atoms with Crippen LogP contribution in [-0.4, -0.2) is 47.5 Å². The van der Waals surface area contributed by atoms with Gasteiger partial charge < -0.3 is 14.7 Å². The molecule has 1 saturated heterocycles. The van der Waals surface area contributed by atoms with E-state index in [2.05, 4.69) is 27.9 Å². The van der Waals surface area contributed by atoms with Gasteiger partial charge in [0.25, 0.3) is 0 Å². The number of nitrogens with zero attached hydrogens (tertiary/aromatic N) is 3. The second-order valence-electron chi connectivity index (χ2n) is 6.71. The van der Waals surface area contributed by atoms with Crippen molar-refractivity contribution in [2.24, 2.45) is 5.41 Å². The molecule has 0 aromatic carbocycles.